The first-order chi connectivity index (χ1) is 7.64. The van der Waals surface area contributed by atoms with Crippen molar-refractivity contribution in [1.29, 1.82) is 0 Å². The number of benzene rings is 1. The predicted octanol–water partition coefficient (Wildman–Crippen LogP) is 0.594. The molecule has 1 aromatic carbocycles. The van der Waals surface area contributed by atoms with E-state index < -0.39 is 42.1 Å². The van der Waals surface area contributed by atoms with Gasteiger partial charge in [-0.2, -0.15) is 0 Å². The first-order valence-electron chi connectivity index (χ1n) is 3.88. The van der Waals surface area contributed by atoms with Gasteiger partial charge in [0, 0.05) is 6.07 Å². The number of hydrogen-bond acceptors (Lipinski definition) is 5. The summed E-state index contributed by atoms with van der Waals surface area (Å²) in [4.78, 5) is 19.6. The summed E-state index contributed by atoms with van der Waals surface area (Å²) in [5.41, 5.74) is -1.51. The standard InChI is InChI=1S/C7H5ClN2O6S/c8-4-2-6(17(9,15)16)3(7(11)12)1-5(4)10(13)14/h1-2H,(H,11,12)(H2,9,15,16). The van der Waals surface area contributed by atoms with Crippen molar-refractivity contribution in [2.75, 3.05) is 0 Å². The number of carboxylic acid groups (broad SMARTS) is 1. The highest BCUT2D eigenvalue weighted by Gasteiger charge is 2.25. The van der Waals surface area contributed by atoms with E-state index in [4.69, 9.17) is 21.8 Å². The third-order valence-corrected chi connectivity index (χ3v) is 3.04. The van der Waals surface area contributed by atoms with Crippen LogP contribution in [0.3, 0.4) is 0 Å². The molecular weight excluding hydrogens is 276 g/mol. The molecule has 1 aromatic rings. The summed E-state index contributed by atoms with van der Waals surface area (Å²) in [5.74, 6) is -1.66. The van der Waals surface area contributed by atoms with Crippen LogP contribution in [0.5, 0.6) is 0 Å². The fraction of sp³-hybridized carbons (Fsp3) is 0. The minimum absolute atomic E-state index is 0.510. The van der Waals surface area contributed by atoms with Crippen LogP contribution in [-0.2, 0) is 10.0 Å². The Labute approximate surface area is 99.8 Å². The van der Waals surface area contributed by atoms with E-state index in [1.165, 1.54) is 0 Å². The Morgan fingerprint density at radius 3 is 2.35 bits per heavy atom. The van der Waals surface area contributed by atoms with Crippen molar-refractivity contribution in [3.8, 4) is 0 Å². The van der Waals surface area contributed by atoms with Crippen molar-refractivity contribution in [2.24, 2.45) is 5.14 Å². The van der Waals surface area contributed by atoms with Crippen LogP contribution >= 0.6 is 11.6 Å². The van der Waals surface area contributed by atoms with Gasteiger partial charge in [0.25, 0.3) is 5.69 Å². The number of sulfonamides is 1. The molecule has 0 unspecified atom stereocenters. The second-order valence-electron chi connectivity index (χ2n) is 2.91. The molecule has 3 N–H and O–H groups in total. The lowest BCUT2D eigenvalue weighted by atomic mass is 10.2. The molecule has 0 radical (unpaired) electrons. The maximum atomic E-state index is 11.1. The molecule has 8 nitrogen and oxygen atoms in total. The second-order valence-corrected chi connectivity index (χ2v) is 4.84. The molecular formula is C7H5ClN2O6S. The highest BCUT2D eigenvalue weighted by atomic mass is 35.5. The molecule has 0 spiro atoms. The van der Waals surface area contributed by atoms with Crippen molar-refractivity contribution in [2.45, 2.75) is 4.90 Å². The monoisotopic (exact) mass is 280 g/mol. The van der Waals surface area contributed by atoms with Crippen molar-refractivity contribution in [3.05, 3.63) is 32.8 Å². The molecule has 92 valence electrons. The van der Waals surface area contributed by atoms with E-state index in [-0.39, 0.29) is 0 Å². The Morgan fingerprint density at radius 1 is 1.47 bits per heavy atom. The highest BCUT2D eigenvalue weighted by molar-refractivity contribution is 7.89. The van der Waals surface area contributed by atoms with E-state index in [0.717, 1.165) is 0 Å². The number of carbonyl (C=O) groups is 1. The Hall–Kier alpha value is -1.71. The third-order valence-electron chi connectivity index (χ3n) is 1.78. The number of nitro groups is 1. The van der Waals surface area contributed by atoms with Crippen molar-refractivity contribution < 1.29 is 23.2 Å². The molecule has 0 amide bonds. The molecule has 0 saturated heterocycles. The van der Waals surface area contributed by atoms with Crippen molar-refractivity contribution in [1.82, 2.24) is 0 Å². The number of nitro benzene ring substituents is 1. The molecule has 0 fully saturated rings. The topological polar surface area (TPSA) is 141 Å². The maximum Gasteiger partial charge on any atom is 0.337 e. The molecule has 0 aliphatic rings. The summed E-state index contributed by atoms with van der Waals surface area (Å²) in [5, 5.41) is 23.5. The molecule has 0 bridgehead atoms. The van der Waals surface area contributed by atoms with Crippen LogP contribution < -0.4 is 5.14 Å². The highest BCUT2D eigenvalue weighted by Crippen LogP contribution is 2.29. The van der Waals surface area contributed by atoms with Gasteiger partial charge >= 0.3 is 5.97 Å². The number of nitrogens with zero attached hydrogens (tertiary/aromatic N) is 1. The average Bonchev–Trinajstić information content (AvgIpc) is 2.14. The SMILES string of the molecule is NS(=O)(=O)c1cc(Cl)c([N+](=O)[O-])cc1C(=O)O. The molecule has 1 rings (SSSR count). The van der Waals surface area contributed by atoms with Crippen molar-refractivity contribution in [3.63, 3.8) is 0 Å². The van der Waals surface area contributed by atoms with Gasteiger partial charge in [-0.25, -0.2) is 18.4 Å². The number of aromatic carboxylic acids is 1. The number of nitrogens with two attached hydrogens (primary N) is 1. The zero-order chi connectivity index (χ0) is 13.4. The largest absolute Gasteiger partial charge is 0.478 e. The molecule has 0 aliphatic heterocycles. The Kier molecular flexibility index (Phi) is 3.36. The molecule has 0 heterocycles. The van der Waals surface area contributed by atoms with Crippen LogP contribution in [0.2, 0.25) is 5.02 Å². The summed E-state index contributed by atoms with van der Waals surface area (Å²) in [6.07, 6.45) is 0. The van der Waals surface area contributed by atoms with Crippen LogP contribution in [0.4, 0.5) is 5.69 Å². The normalized spacial score (nSPS) is 11.2. The molecule has 0 aliphatic carbocycles. The lowest BCUT2D eigenvalue weighted by Gasteiger charge is -2.04. The molecule has 0 saturated carbocycles. The van der Waals surface area contributed by atoms with Crippen molar-refractivity contribution >= 4 is 33.3 Å². The van der Waals surface area contributed by atoms with Gasteiger partial charge in [0.15, 0.2) is 0 Å². The predicted molar refractivity (Wildman–Crippen MR) is 56.4 cm³/mol. The summed E-state index contributed by atoms with van der Waals surface area (Å²) in [6.45, 7) is 0. The van der Waals surface area contributed by atoms with Crippen LogP contribution in [-0.4, -0.2) is 24.4 Å². The minimum atomic E-state index is -4.33. The Bertz CT molecular complexity index is 611. The van der Waals surface area contributed by atoms with Gasteiger partial charge in [0.1, 0.15) is 5.02 Å². The van der Waals surface area contributed by atoms with Crippen LogP contribution in [0, 0.1) is 10.1 Å². The fourth-order valence-electron chi connectivity index (χ4n) is 1.09. The lowest BCUT2D eigenvalue weighted by molar-refractivity contribution is -0.384. The summed E-state index contributed by atoms with van der Waals surface area (Å²) >= 11 is 5.45. The van der Waals surface area contributed by atoms with Crippen LogP contribution in [0.15, 0.2) is 17.0 Å². The smallest absolute Gasteiger partial charge is 0.337 e. The van der Waals surface area contributed by atoms with E-state index in [2.05, 4.69) is 0 Å². The summed E-state index contributed by atoms with van der Waals surface area (Å²) in [6, 6.07) is 1.18. The minimum Gasteiger partial charge on any atom is -0.478 e. The molecule has 10 heteroatoms. The van der Waals surface area contributed by atoms with Gasteiger partial charge in [0.2, 0.25) is 10.0 Å². The fourth-order valence-corrected chi connectivity index (χ4v) is 2.12. The second kappa shape index (κ2) is 4.28. The first-order valence-corrected chi connectivity index (χ1v) is 5.81. The van der Waals surface area contributed by atoms with E-state index in [0.29, 0.717) is 12.1 Å². The third kappa shape index (κ3) is 2.70. The van der Waals surface area contributed by atoms with Gasteiger partial charge in [-0.05, 0) is 6.07 Å². The average molecular weight is 281 g/mol. The molecule has 0 atom stereocenters. The maximum absolute atomic E-state index is 11.1. The Balaban J connectivity index is 3.70. The van der Waals surface area contributed by atoms with E-state index in [1.54, 1.807) is 0 Å². The van der Waals surface area contributed by atoms with Gasteiger partial charge in [0.05, 0.1) is 15.4 Å². The van der Waals surface area contributed by atoms with Gasteiger partial charge in [-0.3, -0.25) is 10.1 Å². The zero-order valence-electron chi connectivity index (χ0n) is 7.95. The Morgan fingerprint density at radius 2 is 2.00 bits per heavy atom. The van der Waals surface area contributed by atoms with E-state index >= 15 is 0 Å². The number of hydrogen-bond donors (Lipinski definition) is 2. The quantitative estimate of drug-likeness (QED) is 0.613. The number of halogens is 1. The molecule has 0 aromatic heterocycles. The summed E-state index contributed by atoms with van der Waals surface area (Å²) in [7, 11) is -4.33. The van der Waals surface area contributed by atoms with Gasteiger partial charge in [-0.15, -0.1) is 0 Å². The molecule has 17 heavy (non-hydrogen) atoms. The van der Waals surface area contributed by atoms with E-state index in [9.17, 15) is 23.3 Å². The van der Waals surface area contributed by atoms with Crippen LogP contribution in [0.1, 0.15) is 10.4 Å². The zero-order valence-corrected chi connectivity index (χ0v) is 9.53. The summed E-state index contributed by atoms with van der Waals surface area (Å²) < 4.78 is 22.2. The van der Waals surface area contributed by atoms with Gasteiger partial charge in [-0.1, -0.05) is 11.6 Å². The lowest BCUT2D eigenvalue weighted by Crippen LogP contribution is -2.17. The van der Waals surface area contributed by atoms with Crippen LogP contribution in [0.25, 0.3) is 0 Å². The van der Waals surface area contributed by atoms with E-state index in [1.807, 2.05) is 0 Å². The van der Waals surface area contributed by atoms with Gasteiger partial charge < -0.3 is 5.11 Å². The number of rotatable bonds is 3. The first kappa shape index (κ1) is 13.4. The number of carboxylic acids is 1. The number of primary sulfonamides is 1.